The first kappa shape index (κ1) is 11.2. The number of carbonyl (C=O) groups is 1. The smallest absolute Gasteiger partial charge is 0.270 e. The summed E-state index contributed by atoms with van der Waals surface area (Å²) < 4.78 is 24.6. The fourth-order valence-electron chi connectivity index (χ4n) is 0.987. The highest BCUT2D eigenvalue weighted by atomic mass is 79.9. The molecular formula is C8H9BrF2N2O. The molecule has 0 saturated carbocycles. The third-order valence-electron chi connectivity index (χ3n) is 1.64. The number of hydrogen-bond donors (Lipinski definition) is 1. The van der Waals surface area contributed by atoms with E-state index >= 15 is 0 Å². The Labute approximate surface area is 88.2 Å². The second-order valence-electron chi connectivity index (χ2n) is 2.81. The molecule has 0 bridgehead atoms. The minimum atomic E-state index is -2.51. The van der Waals surface area contributed by atoms with Crippen molar-refractivity contribution in [3.8, 4) is 0 Å². The number of hydrogen-bond acceptors (Lipinski definition) is 1. The maximum atomic E-state index is 12.0. The van der Waals surface area contributed by atoms with Gasteiger partial charge in [-0.1, -0.05) is 0 Å². The third-order valence-corrected chi connectivity index (χ3v) is 2.09. The predicted molar refractivity (Wildman–Crippen MR) is 51.5 cm³/mol. The Hall–Kier alpha value is -0.910. The Kier molecular flexibility index (Phi) is 3.62. The van der Waals surface area contributed by atoms with Crippen LogP contribution in [0.1, 0.15) is 10.5 Å². The molecule has 1 N–H and O–H groups in total. The molecular weight excluding hydrogens is 258 g/mol. The highest BCUT2D eigenvalue weighted by Gasteiger charge is 2.16. The van der Waals surface area contributed by atoms with Gasteiger partial charge in [-0.2, -0.15) is 0 Å². The summed E-state index contributed by atoms with van der Waals surface area (Å²) in [4.78, 5) is 15.1. The van der Waals surface area contributed by atoms with Gasteiger partial charge in [0.2, 0.25) is 0 Å². The molecule has 0 aliphatic carbocycles. The van der Waals surface area contributed by atoms with Gasteiger partial charge in [0.05, 0.1) is 6.54 Å². The van der Waals surface area contributed by atoms with Crippen LogP contribution in [0, 0.1) is 0 Å². The lowest BCUT2D eigenvalue weighted by atomic mass is 10.4. The van der Waals surface area contributed by atoms with Crippen LogP contribution in [0.3, 0.4) is 0 Å². The molecule has 78 valence electrons. The Morgan fingerprint density at radius 2 is 2.36 bits per heavy atom. The van der Waals surface area contributed by atoms with Crippen molar-refractivity contribution in [2.24, 2.45) is 0 Å². The molecule has 0 aliphatic heterocycles. The van der Waals surface area contributed by atoms with Gasteiger partial charge in [0.25, 0.3) is 12.3 Å². The average Bonchev–Trinajstić information content (AvgIpc) is 2.49. The van der Waals surface area contributed by atoms with Gasteiger partial charge in [0.15, 0.2) is 0 Å². The quantitative estimate of drug-likeness (QED) is 0.894. The monoisotopic (exact) mass is 266 g/mol. The summed E-state index contributed by atoms with van der Waals surface area (Å²) >= 11 is 3.15. The second-order valence-corrected chi connectivity index (χ2v) is 3.72. The third kappa shape index (κ3) is 2.80. The molecule has 0 saturated heterocycles. The normalized spacial score (nSPS) is 10.6. The molecule has 1 aromatic rings. The molecule has 3 nitrogen and oxygen atoms in total. The van der Waals surface area contributed by atoms with Crippen LogP contribution in [0.4, 0.5) is 8.78 Å². The van der Waals surface area contributed by atoms with Gasteiger partial charge in [-0.25, -0.2) is 8.78 Å². The zero-order chi connectivity index (χ0) is 10.7. The van der Waals surface area contributed by atoms with E-state index in [1.54, 1.807) is 12.3 Å². The second kappa shape index (κ2) is 4.54. The van der Waals surface area contributed by atoms with Crippen molar-refractivity contribution in [2.45, 2.75) is 6.43 Å². The van der Waals surface area contributed by atoms with Crippen LogP contribution in [0.25, 0.3) is 0 Å². The fourth-order valence-corrected chi connectivity index (χ4v) is 1.33. The number of aromatic amines is 1. The number of halogens is 3. The van der Waals surface area contributed by atoms with Gasteiger partial charge in [-0.05, 0) is 22.0 Å². The number of H-pyrrole nitrogens is 1. The van der Waals surface area contributed by atoms with Gasteiger partial charge in [0.1, 0.15) is 5.69 Å². The summed E-state index contributed by atoms with van der Waals surface area (Å²) in [5.74, 6) is -0.448. The van der Waals surface area contributed by atoms with Crippen molar-refractivity contribution in [2.75, 3.05) is 13.6 Å². The van der Waals surface area contributed by atoms with E-state index in [1.807, 2.05) is 0 Å². The molecule has 0 spiro atoms. The fraction of sp³-hybridized carbons (Fsp3) is 0.375. The number of nitrogens with zero attached hydrogens (tertiary/aromatic N) is 1. The maximum Gasteiger partial charge on any atom is 0.270 e. The average molecular weight is 267 g/mol. The molecule has 6 heteroatoms. The summed E-state index contributed by atoms with van der Waals surface area (Å²) in [6, 6.07) is 1.55. The van der Waals surface area contributed by atoms with E-state index in [9.17, 15) is 13.6 Å². The van der Waals surface area contributed by atoms with Crippen LogP contribution < -0.4 is 0 Å². The van der Waals surface area contributed by atoms with Gasteiger partial charge in [-0.15, -0.1) is 0 Å². The molecule has 0 aromatic carbocycles. The highest BCUT2D eigenvalue weighted by molar-refractivity contribution is 9.10. The van der Waals surface area contributed by atoms with E-state index in [4.69, 9.17) is 0 Å². The summed E-state index contributed by atoms with van der Waals surface area (Å²) in [6.07, 6.45) is -0.939. The lowest BCUT2D eigenvalue weighted by Gasteiger charge is -2.15. The van der Waals surface area contributed by atoms with Crippen molar-refractivity contribution < 1.29 is 13.6 Å². The Balaban J connectivity index is 2.65. The molecule has 1 rings (SSSR count). The van der Waals surface area contributed by atoms with Crippen molar-refractivity contribution in [1.82, 2.24) is 9.88 Å². The molecule has 0 aliphatic rings. The number of carbonyl (C=O) groups excluding carboxylic acids is 1. The molecule has 0 atom stereocenters. The van der Waals surface area contributed by atoms with Crippen LogP contribution in [0.15, 0.2) is 16.7 Å². The lowest BCUT2D eigenvalue weighted by Crippen LogP contribution is -2.31. The maximum absolute atomic E-state index is 12.0. The van der Waals surface area contributed by atoms with E-state index in [0.29, 0.717) is 10.2 Å². The zero-order valence-electron chi connectivity index (χ0n) is 7.43. The summed E-state index contributed by atoms with van der Waals surface area (Å²) in [5, 5.41) is 0. The number of alkyl halides is 2. The Morgan fingerprint density at radius 3 is 2.79 bits per heavy atom. The predicted octanol–water partition coefficient (Wildman–Crippen LogP) is 2.11. The molecule has 1 heterocycles. The number of rotatable bonds is 3. The molecule has 14 heavy (non-hydrogen) atoms. The Morgan fingerprint density at radius 1 is 1.71 bits per heavy atom. The number of amides is 1. The van der Waals surface area contributed by atoms with Crippen LogP contribution in [-0.4, -0.2) is 35.8 Å². The van der Waals surface area contributed by atoms with Crippen LogP contribution in [-0.2, 0) is 0 Å². The minimum absolute atomic E-state index is 0.292. The zero-order valence-corrected chi connectivity index (χ0v) is 9.01. The standard InChI is InChI=1S/C8H9BrF2N2O/c1-13(4-7(10)11)8(14)6-2-5(9)3-12-6/h2-3,7,12H,4H2,1H3. The van der Waals surface area contributed by atoms with E-state index < -0.39 is 18.9 Å². The molecule has 0 radical (unpaired) electrons. The van der Waals surface area contributed by atoms with Gasteiger partial charge >= 0.3 is 0 Å². The summed E-state index contributed by atoms with van der Waals surface area (Å²) in [6.45, 7) is -0.560. The van der Waals surface area contributed by atoms with Crippen molar-refractivity contribution in [3.63, 3.8) is 0 Å². The van der Waals surface area contributed by atoms with Crippen LogP contribution in [0.5, 0.6) is 0 Å². The minimum Gasteiger partial charge on any atom is -0.356 e. The molecule has 0 fully saturated rings. The summed E-state index contributed by atoms with van der Waals surface area (Å²) in [5.41, 5.74) is 0.292. The van der Waals surface area contributed by atoms with E-state index in [-0.39, 0.29) is 0 Å². The van der Waals surface area contributed by atoms with Gasteiger partial charge in [-0.3, -0.25) is 4.79 Å². The van der Waals surface area contributed by atoms with Crippen LogP contribution in [0.2, 0.25) is 0 Å². The number of aromatic nitrogens is 1. The van der Waals surface area contributed by atoms with Crippen LogP contribution >= 0.6 is 15.9 Å². The van der Waals surface area contributed by atoms with Crippen molar-refractivity contribution in [3.05, 3.63) is 22.4 Å². The number of nitrogens with one attached hydrogen (secondary N) is 1. The van der Waals surface area contributed by atoms with E-state index in [0.717, 1.165) is 4.90 Å². The van der Waals surface area contributed by atoms with Gasteiger partial charge < -0.3 is 9.88 Å². The first-order valence-electron chi connectivity index (χ1n) is 3.88. The van der Waals surface area contributed by atoms with E-state index in [2.05, 4.69) is 20.9 Å². The summed E-state index contributed by atoms with van der Waals surface area (Å²) in [7, 11) is 1.34. The SMILES string of the molecule is CN(CC(F)F)C(=O)c1cc(Br)c[nH]1. The van der Waals surface area contributed by atoms with Gasteiger partial charge in [0, 0.05) is 17.7 Å². The largest absolute Gasteiger partial charge is 0.356 e. The first-order chi connectivity index (χ1) is 6.50. The highest BCUT2D eigenvalue weighted by Crippen LogP contribution is 2.12. The lowest BCUT2D eigenvalue weighted by molar-refractivity contribution is 0.0616. The molecule has 1 amide bonds. The first-order valence-corrected chi connectivity index (χ1v) is 4.67. The molecule has 1 aromatic heterocycles. The van der Waals surface area contributed by atoms with Crippen molar-refractivity contribution in [1.29, 1.82) is 0 Å². The molecule has 0 unspecified atom stereocenters. The Bertz CT molecular complexity index is 327. The van der Waals surface area contributed by atoms with Crippen molar-refractivity contribution >= 4 is 21.8 Å². The van der Waals surface area contributed by atoms with E-state index in [1.165, 1.54) is 7.05 Å². The topological polar surface area (TPSA) is 36.1 Å².